The largest absolute Gasteiger partial charge is 0.455 e. The van der Waals surface area contributed by atoms with E-state index in [-0.39, 0.29) is 27.0 Å². The Morgan fingerprint density at radius 3 is 2.36 bits per heavy atom. The zero-order valence-corrected chi connectivity index (χ0v) is 22.5. The van der Waals surface area contributed by atoms with Gasteiger partial charge in [-0.3, -0.25) is 9.59 Å². The van der Waals surface area contributed by atoms with Crippen LogP contribution >= 0.6 is 11.6 Å². The van der Waals surface area contributed by atoms with E-state index < -0.39 is 27.8 Å². The molecule has 0 aromatic heterocycles. The third-order valence-corrected chi connectivity index (χ3v) is 10.0. The fourth-order valence-electron chi connectivity index (χ4n) is 7.21. The van der Waals surface area contributed by atoms with Crippen LogP contribution in [0, 0.1) is 31.1 Å². The molecule has 4 aliphatic rings. The number of sulfone groups is 1. The fraction of sp³-hybridized carbons (Fsp3) is 0.500. The minimum atomic E-state index is -3.46. The highest BCUT2D eigenvalue weighted by atomic mass is 35.5. The number of carbonyl (C=O) groups is 2. The molecule has 6 nitrogen and oxygen atoms in total. The number of ether oxygens (including phenoxy) is 1. The van der Waals surface area contributed by atoms with Crippen molar-refractivity contribution < 1.29 is 22.7 Å². The second kappa shape index (κ2) is 8.88. The van der Waals surface area contributed by atoms with Gasteiger partial charge in [-0.15, -0.1) is 0 Å². The first-order valence-electron chi connectivity index (χ1n) is 12.4. The van der Waals surface area contributed by atoms with Gasteiger partial charge in [0.1, 0.15) is 0 Å². The van der Waals surface area contributed by atoms with Crippen molar-refractivity contribution in [3.63, 3.8) is 0 Å². The average Bonchev–Trinajstić information content (AvgIpc) is 2.79. The summed E-state index contributed by atoms with van der Waals surface area (Å²) in [5, 5.41) is 2.79. The summed E-state index contributed by atoms with van der Waals surface area (Å²) >= 11 is 6.14. The quantitative estimate of drug-likeness (QED) is 0.507. The van der Waals surface area contributed by atoms with Gasteiger partial charge in [-0.05, 0) is 105 Å². The van der Waals surface area contributed by atoms with Crippen LogP contribution in [0.2, 0.25) is 5.02 Å². The van der Waals surface area contributed by atoms with Gasteiger partial charge >= 0.3 is 5.97 Å². The number of amides is 1. The summed E-state index contributed by atoms with van der Waals surface area (Å²) in [6.45, 7) is 3.82. The number of rotatable bonds is 6. The van der Waals surface area contributed by atoms with Crippen molar-refractivity contribution in [2.24, 2.45) is 17.3 Å². The number of benzene rings is 2. The molecule has 0 aliphatic heterocycles. The molecule has 4 fully saturated rings. The summed E-state index contributed by atoms with van der Waals surface area (Å²) in [7, 11) is -3.46. The van der Waals surface area contributed by atoms with Gasteiger partial charge < -0.3 is 10.1 Å². The molecule has 4 saturated carbocycles. The number of halogens is 1. The molecule has 2 aromatic rings. The lowest BCUT2D eigenvalue weighted by atomic mass is 9.43. The lowest BCUT2D eigenvalue weighted by molar-refractivity contribution is -0.175. The first-order chi connectivity index (χ1) is 16.9. The van der Waals surface area contributed by atoms with E-state index in [4.69, 9.17) is 16.3 Å². The first kappa shape index (κ1) is 25.3. The summed E-state index contributed by atoms with van der Waals surface area (Å²) in [6.07, 6.45) is 6.86. The Bertz CT molecular complexity index is 1340. The zero-order chi connectivity index (χ0) is 25.9. The monoisotopic (exact) mass is 529 g/mol. The van der Waals surface area contributed by atoms with Crippen molar-refractivity contribution in [1.29, 1.82) is 0 Å². The number of carbonyl (C=O) groups excluding carboxylic acids is 2. The zero-order valence-electron chi connectivity index (χ0n) is 20.9. The molecule has 2 atom stereocenters. The standard InChI is InChI=1S/C28H32ClNO5S/c1-17-4-5-21(8-18(17)2)27-11-19-9-20(12-27)14-28(13-19,16-27)26(32)35-15-25(31)30-24-10-22(36(3,33)34)6-7-23(24)29/h4-8,10,19-20H,9,11-16H2,1-3H3,(H,30,31). The molecule has 4 aliphatic carbocycles. The molecule has 0 saturated heterocycles. The average molecular weight is 530 g/mol. The fourth-order valence-corrected chi connectivity index (χ4v) is 8.02. The molecule has 4 bridgehead atoms. The first-order valence-corrected chi connectivity index (χ1v) is 14.7. The molecular weight excluding hydrogens is 498 g/mol. The minimum absolute atomic E-state index is 0.0105. The Hall–Kier alpha value is -2.38. The van der Waals surface area contributed by atoms with Gasteiger partial charge in [-0.1, -0.05) is 29.8 Å². The van der Waals surface area contributed by atoms with Crippen molar-refractivity contribution >= 4 is 39.0 Å². The number of aryl methyl sites for hydroxylation is 2. The van der Waals surface area contributed by atoms with Gasteiger partial charge in [0.25, 0.3) is 5.91 Å². The molecule has 1 amide bonds. The summed E-state index contributed by atoms with van der Waals surface area (Å²) < 4.78 is 29.3. The smallest absolute Gasteiger partial charge is 0.312 e. The maximum Gasteiger partial charge on any atom is 0.312 e. The van der Waals surface area contributed by atoms with Gasteiger partial charge in [0.15, 0.2) is 16.4 Å². The molecule has 6 rings (SSSR count). The molecular formula is C28H32ClNO5S. The van der Waals surface area contributed by atoms with Crippen molar-refractivity contribution in [3.05, 3.63) is 58.1 Å². The Morgan fingerprint density at radius 2 is 1.72 bits per heavy atom. The lowest BCUT2D eigenvalue weighted by Crippen LogP contribution is -2.57. The molecule has 2 unspecified atom stereocenters. The maximum atomic E-state index is 13.5. The summed E-state index contributed by atoms with van der Waals surface area (Å²) in [4.78, 5) is 26.2. The predicted octanol–water partition coefficient (Wildman–Crippen LogP) is 5.38. The van der Waals surface area contributed by atoms with Crippen LogP contribution in [0.3, 0.4) is 0 Å². The summed E-state index contributed by atoms with van der Waals surface area (Å²) in [5.41, 5.74) is 3.47. The van der Waals surface area contributed by atoms with E-state index >= 15 is 0 Å². The van der Waals surface area contributed by atoms with Crippen molar-refractivity contribution in [1.82, 2.24) is 0 Å². The van der Waals surface area contributed by atoms with E-state index in [1.807, 2.05) is 0 Å². The maximum absolute atomic E-state index is 13.5. The molecule has 8 heteroatoms. The second-order valence-electron chi connectivity index (χ2n) is 11.4. The van der Waals surface area contributed by atoms with Gasteiger partial charge in [0.2, 0.25) is 0 Å². The Balaban J connectivity index is 1.30. The molecule has 0 spiro atoms. The van der Waals surface area contributed by atoms with E-state index in [0.717, 1.165) is 44.8 Å². The van der Waals surface area contributed by atoms with E-state index in [2.05, 4.69) is 37.4 Å². The topological polar surface area (TPSA) is 89.5 Å². The van der Waals surface area contributed by atoms with Crippen LogP contribution in [0.25, 0.3) is 0 Å². The molecule has 1 N–H and O–H groups in total. The van der Waals surface area contributed by atoms with E-state index in [9.17, 15) is 18.0 Å². The van der Waals surface area contributed by atoms with Gasteiger partial charge in [0, 0.05) is 6.26 Å². The molecule has 2 aromatic carbocycles. The van der Waals surface area contributed by atoms with Gasteiger partial charge in [0.05, 0.1) is 21.0 Å². The van der Waals surface area contributed by atoms with Crippen molar-refractivity contribution in [3.8, 4) is 0 Å². The predicted molar refractivity (Wildman–Crippen MR) is 139 cm³/mol. The Labute approximate surface area is 217 Å². The van der Waals surface area contributed by atoms with E-state index in [1.165, 1.54) is 34.9 Å². The van der Waals surface area contributed by atoms with E-state index in [1.54, 1.807) is 0 Å². The third kappa shape index (κ3) is 4.56. The highest BCUT2D eigenvalue weighted by molar-refractivity contribution is 7.90. The normalized spacial score (nSPS) is 28.7. The Kier molecular flexibility index (Phi) is 6.23. The number of anilines is 1. The summed E-state index contributed by atoms with van der Waals surface area (Å²) in [6, 6.07) is 10.8. The van der Waals surface area contributed by atoms with Crippen LogP contribution in [-0.2, 0) is 29.6 Å². The van der Waals surface area contributed by atoms with Crippen LogP contribution in [-0.4, -0.2) is 33.2 Å². The Morgan fingerprint density at radius 1 is 1.03 bits per heavy atom. The van der Waals surface area contributed by atoms with Crippen LogP contribution in [0.5, 0.6) is 0 Å². The number of esters is 1. The number of hydrogen-bond donors (Lipinski definition) is 1. The highest BCUT2D eigenvalue weighted by Crippen LogP contribution is 2.66. The van der Waals surface area contributed by atoms with Crippen LogP contribution in [0.4, 0.5) is 5.69 Å². The number of nitrogens with one attached hydrogen (secondary N) is 1. The highest BCUT2D eigenvalue weighted by Gasteiger charge is 2.61. The van der Waals surface area contributed by atoms with Crippen molar-refractivity contribution in [2.45, 2.75) is 62.7 Å². The molecule has 0 heterocycles. The van der Waals surface area contributed by atoms with E-state index in [0.29, 0.717) is 11.8 Å². The van der Waals surface area contributed by atoms with Gasteiger partial charge in [-0.25, -0.2) is 8.42 Å². The van der Waals surface area contributed by atoms with Crippen LogP contribution in [0.1, 0.15) is 55.2 Å². The summed E-state index contributed by atoms with van der Waals surface area (Å²) in [5.74, 6) is 0.138. The molecule has 36 heavy (non-hydrogen) atoms. The second-order valence-corrected chi connectivity index (χ2v) is 13.8. The third-order valence-electron chi connectivity index (χ3n) is 8.59. The molecule has 0 radical (unpaired) electrons. The SMILES string of the molecule is Cc1ccc(C23CC4CC(CC(C(=O)OCC(=O)Nc5cc(S(C)(=O)=O)ccc5Cl)(C4)C2)C3)cc1C. The lowest BCUT2D eigenvalue weighted by Gasteiger charge is -2.61. The molecule has 192 valence electrons. The number of hydrogen-bond acceptors (Lipinski definition) is 5. The van der Waals surface area contributed by atoms with Crippen molar-refractivity contribution in [2.75, 3.05) is 18.2 Å². The van der Waals surface area contributed by atoms with Crippen LogP contribution in [0.15, 0.2) is 41.3 Å². The van der Waals surface area contributed by atoms with Crippen LogP contribution < -0.4 is 5.32 Å². The van der Waals surface area contributed by atoms with Gasteiger partial charge in [-0.2, -0.15) is 0 Å². The minimum Gasteiger partial charge on any atom is -0.455 e.